The highest BCUT2D eigenvalue weighted by molar-refractivity contribution is 7.90. The highest BCUT2D eigenvalue weighted by atomic mass is 32.2. The molecule has 0 aromatic carbocycles. The molecule has 0 aliphatic carbocycles. The predicted molar refractivity (Wildman–Crippen MR) is 70.1 cm³/mol. The number of rotatable bonds is 5. The molecule has 0 saturated carbocycles. The molecule has 0 bridgehead atoms. The SMILES string of the molecule is CC(C)S(=O)(=O)NCc1cn(-c2ccsc2)nn1. The molecule has 6 nitrogen and oxygen atoms in total. The number of thiophene rings is 1. The molecular formula is C10H14N4O2S2. The maximum Gasteiger partial charge on any atom is 0.214 e. The van der Waals surface area contributed by atoms with Gasteiger partial charge in [-0.3, -0.25) is 0 Å². The lowest BCUT2D eigenvalue weighted by Gasteiger charge is -2.07. The van der Waals surface area contributed by atoms with E-state index in [0.717, 1.165) is 5.69 Å². The first kappa shape index (κ1) is 13.2. The van der Waals surface area contributed by atoms with Crippen molar-refractivity contribution in [2.75, 3.05) is 0 Å². The van der Waals surface area contributed by atoms with Gasteiger partial charge in [0.2, 0.25) is 10.0 Å². The summed E-state index contributed by atoms with van der Waals surface area (Å²) in [6.45, 7) is 3.42. The van der Waals surface area contributed by atoms with Gasteiger partial charge in [-0.15, -0.1) is 5.10 Å². The number of sulfonamides is 1. The van der Waals surface area contributed by atoms with E-state index >= 15 is 0 Å². The van der Waals surface area contributed by atoms with Gasteiger partial charge in [-0.1, -0.05) is 5.21 Å². The molecule has 18 heavy (non-hydrogen) atoms. The zero-order chi connectivity index (χ0) is 13.2. The van der Waals surface area contributed by atoms with E-state index in [-0.39, 0.29) is 6.54 Å². The Morgan fingerprint density at radius 2 is 2.28 bits per heavy atom. The highest BCUT2D eigenvalue weighted by Gasteiger charge is 2.15. The molecule has 0 fully saturated rings. The second-order valence-electron chi connectivity index (χ2n) is 4.05. The van der Waals surface area contributed by atoms with Gasteiger partial charge in [0.25, 0.3) is 0 Å². The standard InChI is InChI=1S/C10H14N4O2S2/c1-8(2)18(15,16)11-5-9-6-14(13-12-9)10-3-4-17-7-10/h3-4,6-8,11H,5H2,1-2H3. The van der Waals surface area contributed by atoms with E-state index in [0.29, 0.717) is 5.69 Å². The van der Waals surface area contributed by atoms with Gasteiger partial charge >= 0.3 is 0 Å². The van der Waals surface area contributed by atoms with Gasteiger partial charge in [0, 0.05) is 5.38 Å². The summed E-state index contributed by atoms with van der Waals surface area (Å²) in [5.41, 5.74) is 1.51. The van der Waals surface area contributed by atoms with Crippen LogP contribution in [0, 0.1) is 0 Å². The summed E-state index contributed by atoms with van der Waals surface area (Å²) in [6.07, 6.45) is 1.71. The van der Waals surface area contributed by atoms with E-state index in [9.17, 15) is 8.42 Å². The van der Waals surface area contributed by atoms with Crippen molar-refractivity contribution < 1.29 is 8.42 Å². The summed E-state index contributed by atoms with van der Waals surface area (Å²) >= 11 is 1.57. The fourth-order valence-electron chi connectivity index (χ4n) is 1.23. The lowest BCUT2D eigenvalue weighted by Crippen LogP contribution is -2.30. The molecule has 98 valence electrons. The maximum absolute atomic E-state index is 11.6. The Labute approximate surface area is 110 Å². The van der Waals surface area contributed by atoms with Crippen LogP contribution in [0.25, 0.3) is 5.69 Å². The van der Waals surface area contributed by atoms with Crippen LogP contribution in [-0.4, -0.2) is 28.7 Å². The Kier molecular flexibility index (Phi) is 3.79. The van der Waals surface area contributed by atoms with E-state index in [1.54, 1.807) is 36.1 Å². The zero-order valence-corrected chi connectivity index (χ0v) is 11.7. The fraction of sp³-hybridized carbons (Fsp3) is 0.400. The Morgan fingerprint density at radius 3 is 2.89 bits per heavy atom. The Bertz CT molecular complexity index is 602. The minimum absolute atomic E-state index is 0.157. The molecular weight excluding hydrogens is 272 g/mol. The first-order valence-corrected chi connectivity index (χ1v) is 7.90. The summed E-state index contributed by atoms with van der Waals surface area (Å²) in [4.78, 5) is 0. The van der Waals surface area contributed by atoms with Crippen LogP contribution in [0.4, 0.5) is 0 Å². The van der Waals surface area contributed by atoms with Crippen molar-refractivity contribution >= 4 is 21.4 Å². The molecule has 8 heteroatoms. The van der Waals surface area contributed by atoms with Crippen molar-refractivity contribution in [3.8, 4) is 5.69 Å². The van der Waals surface area contributed by atoms with Gasteiger partial charge in [-0.2, -0.15) is 11.3 Å². The van der Waals surface area contributed by atoms with Crippen LogP contribution in [0.2, 0.25) is 0 Å². The topological polar surface area (TPSA) is 76.9 Å². The molecule has 0 amide bonds. The Hall–Kier alpha value is -1.25. The average molecular weight is 286 g/mol. The smallest absolute Gasteiger partial charge is 0.214 e. The Balaban J connectivity index is 2.04. The molecule has 0 unspecified atom stereocenters. The maximum atomic E-state index is 11.6. The van der Waals surface area contributed by atoms with Crippen molar-refractivity contribution in [3.63, 3.8) is 0 Å². The normalized spacial score (nSPS) is 12.2. The molecule has 1 N–H and O–H groups in total. The van der Waals surface area contributed by atoms with Gasteiger partial charge in [0.05, 0.1) is 29.4 Å². The minimum atomic E-state index is -3.27. The van der Waals surface area contributed by atoms with Crippen molar-refractivity contribution in [1.29, 1.82) is 0 Å². The van der Waals surface area contributed by atoms with Crippen LogP contribution in [-0.2, 0) is 16.6 Å². The van der Waals surface area contributed by atoms with Crippen LogP contribution in [0.5, 0.6) is 0 Å². The third kappa shape index (κ3) is 2.95. The number of nitrogens with one attached hydrogen (secondary N) is 1. The third-order valence-electron chi connectivity index (χ3n) is 2.39. The highest BCUT2D eigenvalue weighted by Crippen LogP contribution is 2.11. The van der Waals surface area contributed by atoms with Crippen LogP contribution in [0.15, 0.2) is 23.0 Å². The number of hydrogen-bond donors (Lipinski definition) is 1. The molecule has 2 rings (SSSR count). The van der Waals surface area contributed by atoms with Crippen LogP contribution in [0.3, 0.4) is 0 Å². The number of aromatic nitrogens is 3. The molecule has 2 aromatic rings. The molecule has 2 heterocycles. The summed E-state index contributed by atoms with van der Waals surface area (Å²) in [5.74, 6) is 0. The monoisotopic (exact) mass is 286 g/mol. The lowest BCUT2D eigenvalue weighted by atomic mass is 10.5. The van der Waals surface area contributed by atoms with Gasteiger partial charge < -0.3 is 0 Å². The van der Waals surface area contributed by atoms with Crippen LogP contribution >= 0.6 is 11.3 Å². The summed E-state index contributed by atoms with van der Waals surface area (Å²) in [5, 5.41) is 11.3. The number of hydrogen-bond acceptors (Lipinski definition) is 5. The first-order valence-electron chi connectivity index (χ1n) is 5.41. The quantitative estimate of drug-likeness (QED) is 0.894. The van der Waals surface area contributed by atoms with Crippen LogP contribution in [0.1, 0.15) is 19.5 Å². The summed E-state index contributed by atoms with van der Waals surface area (Å²) < 4.78 is 27.3. The molecule has 0 saturated heterocycles. The van der Waals surface area contributed by atoms with E-state index < -0.39 is 15.3 Å². The first-order chi connectivity index (χ1) is 8.49. The second-order valence-corrected chi connectivity index (χ2v) is 7.15. The summed E-state index contributed by atoms with van der Waals surface area (Å²) in [7, 11) is -3.27. The largest absolute Gasteiger partial charge is 0.220 e. The average Bonchev–Trinajstić information content (AvgIpc) is 2.97. The van der Waals surface area contributed by atoms with E-state index in [1.807, 2.05) is 16.8 Å². The summed E-state index contributed by atoms with van der Waals surface area (Å²) in [6, 6.07) is 1.92. The minimum Gasteiger partial charge on any atom is -0.220 e. The van der Waals surface area contributed by atoms with Crippen LogP contribution < -0.4 is 4.72 Å². The second kappa shape index (κ2) is 5.17. The molecule has 0 aliphatic rings. The third-order valence-corrected chi connectivity index (χ3v) is 4.85. The van der Waals surface area contributed by atoms with E-state index in [2.05, 4.69) is 15.0 Å². The molecule has 0 radical (unpaired) electrons. The number of nitrogens with zero attached hydrogens (tertiary/aromatic N) is 3. The van der Waals surface area contributed by atoms with Gasteiger partial charge in [-0.25, -0.2) is 17.8 Å². The fourth-order valence-corrected chi connectivity index (χ4v) is 2.54. The van der Waals surface area contributed by atoms with Gasteiger partial charge in [0.1, 0.15) is 0 Å². The van der Waals surface area contributed by atoms with Crippen molar-refractivity contribution in [2.24, 2.45) is 0 Å². The van der Waals surface area contributed by atoms with Crippen molar-refractivity contribution in [1.82, 2.24) is 19.7 Å². The molecule has 0 aliphatic heterocycles. The predicted octanol–water partition coefficient (Wildman–Crippen LogP) is 1.16. The van der Waals surface area contributed by atoms with Crippen molar-refractivity contribution in [3.05, 3.63) is 28.7 Å². The van der Waals surface area contributed by atoms with E-state index in [1.165, 1.54) is 0 Å². The van der Waals surface area contributed by atoms with Gasteiger partial charge in [-0.05, 0) is 25.3 Å². The van der Waals surface area contributed by atoms with E-state index in [4.69, 9.17) is 0 Å². The van der Waals surface area contributed by atoms with Gasteiger partial charge in [0.15, 0.2) is 0 Å². The van der Waals surface area contributed by atoms with Crippen molar-refractivity contribution in [2.45, 2.75) is 25.6 Å². The molecule has 2 aromatic heterocycles. The lowest BCUT2D eigenvalue weighted by molar-refractivity contribution is 0.571. The Morgan fingerprint density at radius 1 is 1.50 bits per heavy atom. The molecule has 0 atom stereocenters. The molecule has 0 spiro atoms. The zero-order valence-electron chi connectivity index (χ0n) is 10.1.